The van der Waals surface area contributed by atoms with Crippen LogP contribution < -0.4 is 5.73 Å². The van der Waals surface area contributed by atoms with Crippen LogP contribution in [0.5, 0.6) is 0 Å². The third kappa shape index (κ3) is 18.8. The Bertz CT molecular complexity index is 1620. The van der Waals surface area contributed by atoms with Gasteiger partial charge >= 0.3 is 11.9 Å². The van der Waals surface area contributed by atoms with Gasteiger partial charge in [-0.05, 0) is 52.4 Å². The van der Waals surface area contributed by atoms with Crippen molar-refractivity contribution >= 4 is 11.9 Å². The normalized spacial score (nSPS) is 45.2. The molecule has 0 aromatic heterocycles. The molecule has 13 N–H and O–H groups in total. The number of ether oxygens (including phenoxy) is 4. The Morgan fingerprint density at radius 1 is 0.692 bits per heavy atom. The van der Waals surface area contributed by atoms with E-state index in [4.69, 9.17) is 24.7 Å². The number of rotatable bonds is 3. The number of nitrogens with two attached hydrogens (primary N) is 1. The lowest BCUT2D eigenvalue weighted by molar-refractivity contribution is -0.310. The minimum Gasteiger partial charge on any atom is -0.481 e. The molecule has 19 atom stereocenters. The third-order valence-electron chi connectivity index (χ3n) is 12.2. The number of carbonyl (C=O) groups is 2. The van der Waals surface area contributed by atoms with E-state index in [2.05, 4.69) is 0 Å². The molecule has 0 spiro atoms. The maximum Gasteiger partial charge on any atom is 0.311 e. The average Bonchev–Trinajstić information content (AvgIpc) is 3.21. The zero-order valence-corrected chi connectivity index (χ0v) is 37.8. The molecule has 0 aliphatic carbocycles. The third-order valence-corrected chi connectivity index (χ3v) is 12.2. The van der Waals surface area contributed by atoms with Crippen molar-refractivity contribution in [1.29, 1.82) is 0 Å². The largest absolute Gasteiger partial charge is 0.481 e. The van der Waals surface area contributed by atoms with E-state index < -0.39 is 141 Å². The van der Waals surface area contributed by atoms with Gasteiger partial charge in [-0.2, -0.15) is 0 Å². The Morgan fingerprint density at radius 3 is 1.94 bits per heavy atom. The van der Waals surface area contributed by atoms with Gasteiger partial charge in [0.15, 0.2) is 12.1 Å². The maximum absolute atomic E-state index is 12.6. The summed E-state index contributed by atoms with van der Waals surface area (Å²) in [6.45, 7) is 6.78. The predicted octanol–water partition coefficient (Wildman–Crippen LogP) is 0.936. The number of hydrogen-bond acceptors (Lipinski definition) is 17. The molecular formula is C47H75NO17. The number of carboxylic acids is 1. The minimum absolute atomic E-state index is 0.138. The van der Waals surface area contributed by atoms with Gasteiger partial charge in [0.05, 0.1) is 79.6 Å². The second kappa shape index (κ2) is 27.6. The molecule has 18 heteroatoms. The van der Waals surface area contributed by atoms with Crippen LogP contribution in [0.4, 0.5) is 0 Å². The highest BCUT2D eigenvalue weighted by Crippen LogP contribution is 2.38. The fourth-order valence-corrected chi connectivity index (χ4v) is 8.11. The first-order valence-corrected chi connectivity index (χ1v) is 22.6. The number of cyclic esters (lactones) is 1. The molecule has 0 aromatic rings. The standard InChI is InChI=1S/C47H75NO17/c1-27-17-15-13-11-9-7-5-6-8-10-12-14-16-18-34(64-46-44(58)41(48)43(57)30(4)63-46)24-38-40(45(59)60)37(54)26-47(61,65-38)25-36(53)35(52)20-19-31(49)21-32(50)22-33(51)23-39(55)62-29(3)28(2)42(27)56/h5-6,8,10-18,27-38,40-44,46,49-54,56-58,61H,7,9,19-26,48H2,1-4H3,(H,59,60)/b6-5+,10-8+,13-11+,14-12+,17-15+,18-16+/t27-,28+,29-,30+,31+,32+,33+,34-,35+,36+,37-,38-,40+,41+,42+,43-,44-,46+,47+/m0/s1. The summed E-state index contributed by atoms with van der Waals surface area (Å²) < 4.78 is 23.2. The van der Waals surface area contributed by atoms with Gasteiger partial charge in [0.1, 0.15) is 18.1 Å². The number of hydrogen-bond donors (Lipinski definition) is 12. The molecule has 2 saturated heterocycles. The van der Waals surface area contributed by atoms with Crippen molar-refractivity contribution < 1.29 is 84.7 Å². The lowest BCUT2D eigenvalue weighted by Gasteiger charge is -2.45. The van der Waals surface area contributed by atoms with Crippen molar-refractivity contribution in [3.8, 4) is 0 Å². The van der Waals surface area contributed by atoms with E-state index in [1.165, 1.54) is 13.0 Å². The quantitative estimate of drug-likeness (QED) is 0.175. The summed E-state index contributed by atoms with van der Waals surface area (Å²) in [6.07, 6.45) is 2.28. The Balaban J connectivity index is 1.84. The van der Waals surface area contributed by atoms with Gasteiger partial charge in [0.2, 0.25) is 0 Å². The summed E-state index contributed by atoms with van der Waals surface area (Å²) in [5, 5.41) is 118. The van der Waals surface area contributed by atoms with E-state index in [0.29, 0.717) is 0 Å². The maximum atomic E-state index is 12.6. The fraction of sp³-hybridized carbons (Fsp3) is 0.702. The van der Waals surface area contributed by atoms with Crippen molar-refractivity contribution in [3.63, 3.8) is 0 Å². The van der Waals surface area contributed by atoms with Gasteiger partial charge in [0, 0.05) is 31.1 Å². The van der Waals surface area contributed by atoms with E-state index in [1.54, 1.807) is 38.2 Å². The number of carbonyl (C=O) groups excluding carboxylic acids is 1. The van der Waals surface area contributed by atoms with Crippen LogP contribution in [-0.2, 0) is 28.5 Å². The summed E-state index contributed by atoms with van der Waals surface area (Å²) in [4.78, 5) is 25.1. The molecule has 0 aromatic carbocycles. The summed E-state index contributed by atoms with van der Waals surface area (Å²) in [7, 11) is 0. The molecule has 18 nitrogen and oxygen atoms in total. The molecule has 65 heavy (non-hydrogen) atoms. The highest BCUT2D eigenvalue weighted by Gasteiger charge is 2.51. The second-order valence-corrected chi connectivity index (χ2v) is 17.8. The number of carboxylic acid groups (broad SMARTS) is 1. The van der Waals surface area contributed by atoms with Crippen molar-refractivity contribution in [2.75, 3.05) is 0 Å². The lowest BCUT2D eigenvalue weighted by Crippen LogP contribution is -2.61. The van der Waals surface area contributed by atoms with Gasteiger partial charge in [-0.1, -0.05) is 86.8 Å². The van der Waals surface area contributed by atoms with E-state index in [9.17, 15) is 65.8 Å². The first-order valence-electron chi connectivity index (χ1n) is 22.6. The number of fused-ring (bicyclic) bond motifs is 2. The van der Waals surface area contributed by atoms with Gasteiger partial charge in [-0.25, -0.2) is 0 Å². The van der Waals surface area contributed by atoms with Crippen molar-refractivity contribution in [3.05, 3.63) is 72.9 Å². The van der Waals surface area contributed by atoms with Crippen LogP contribution in [0, 0.1) is 17.8 Å². The van der Waals surface area contributed by atoms with Crippen LogP contribution in [0.3, 0.4) is 0 Å². The lowest BCUT2D eigenvalue weighted by atomic mass is 9.82. The molecule has 0 unspecified atom stereocenters. The Kier molecular flexibility index (Phi) is 23.8. The molecule has 3 rings (SSSR count). The molecule has 2 fully saturated rings. The zero-order valence-electron chi connectivity index (χ0n) is 37.8. The summed E-state index contributed by atoms with van der Waals surface area (Å²) in [5.74, 6) is -6.82. The van der Waals surface area contributed by atoms with E-state index in [1.807, 2.05) is 49.5 Å². The van der Waals surface area contributed by atoms with E-state index in [0.717, 1.165) is 12.8 Å². The monoisotopic (exact) mass is 926 g/mol. The highest BCUT2D eigenvalue weighted by molar-refractivity contribution is 5.71. The molecular weight excluding hydrogens is 851 g/mol. The topological polar surface area (TPSA) is 320 Å². The zero-order chi connectivity index (χ0) is 48.4. The first-order chi connectivity index (χ1) is 30.6. The molecule has 0 radical (unpaired) electrons. The van der Waals surface area contributed by atoms with E-state index >= 15 is 0 Å². The van der Waals surface area contributed by atoms with E-state index in [-0.39, 0.29) is 38.0 Å². The van der Waals surface area contributed by atoms with Gasteiger partial charge in [-0.3, -0.25) is 9.59 Å². The van der Waals surface area contributed by atoms with Crippen molar-refractivity contribution in [2.24, 2.45) is 23.5 Å². The summed E-state index contributed by atoms with van der Waals surface area (Å²) >= 11 is 0. The summed E-state index contributed by atoms with van der Waals surface area (Å²) in [6, 6.07) is -1.14. The minimum atomic E-state index is -2.35. The fourth-order valence-electron chi connectivity index (χ4n) is 8.11. The number of aliphatic hydroxyl groups excluding tert-OH is 9. The van der Waals surface area contributed by atoms with Gasteiger partial charge in [0.25, 0.3) is 0 Å². The Labute approximate surface area is 381 Å². The molecule has 0 saturated carbocycles. The number of aliphatic carboxylic acids is 1. The molecule has 3 heterocycles. The average molecular weight is 926 g/mol. The number of allylic oxidation sites excluding steroid dienone is 10. The molecule has 370 valence electrons. The van der Waals surface area contributed by atoms with Crippen LogP contribution in [0.1, 0.15) is 91.9 Å². The van der Waals surface area contributed by atoms with Crippen LogP contribution in [0.15, 0.2) is 72.9 Å². The second-order valence-electron chi connectivity index (χ2n) is 17.8. The summed E-state index contributed by atoms with van der Waals surface area (Å²) in [5.41, 5.74) is 6.02. The highest BCUT2D eigenvalue weighted by atomic mass is 16.7. The van der Waals surface area contributed by atoms with Crippen LogP contribution in [-0.4, -0.2) is 166 Å². The smallest absolute Gasteiger partial charge is 0.311 e. The van der Waals surface area contributed by atoms with Crippen molar-refractivity contribution in [1.82, 2.24) is 0 Å². The van der Waals surface area contributed by atoms with Gasteiger partial charge in [-0.15, -0.1) is 0 Å². The number of aliphatic hydroxyl groups is 10. The predicted molar refractivity (Wildman–Crippen MR) is 237 cm³/mol. The number of esters is 1. The molecule has 0 amide bonds. The van der Waals surface area contributed by atoms with Gasteiger partial charge < -0.3 is 80.9 Å². The molecule has 3 aliphatic heterocycles. The molecule has 2 bridgehead atoms. The van der Waals surface area contributed by atoms with Crippen molar-refractivity contribution in [2.45, 2.75) is 189 Å². The first kappa shape index (κ1) is 56.1. The Hall–Kier alpha value is -3.18. The van der Waals surface area contributed by atoms with Crippen LogP contribution >= 0.6 is 0 Å². The van der Waals surface area contributed by atoms with Crippen LogP contribution in [0.25, 0.3) is 0 Å². The Morgan fingerprint density at radius 2 is 1.28 bits per heavy atom. The SMILES string of the molecule is C[C@H]1[C@H](O)[C@@H](C)/C=C/C=C/CC/C=C/C=C/C=C/C=C/[C@H](O[C@H]2O[C@H](C)[C@H](O)[C@@H](N)[C@@H]2O)C[C@@H]2O[C@](O)(C[C@@H](O)[C@H](O)CC[C@@H](O)C[C@@H](O)C[C@@H](O)CC(=O)O[C@H]1C)C[C@H](O)[C@H]2C(=O)O. The molecule has 3 aliphatic rings. The van der Waals surface area contributed by atoms with Crippen LogP contribution in [0.2, 0.25) is 0 Å².